The number of urea groups is 1. The summed E-state index contributed by atoms with van der Waals surface area (Å²) < 4.78 is 12.9. The van der Waals surface area contributed by atoms with Gasteiger partial charge in [0, 0.05) is 45.8 Å². The number of anilines is 1. The number of methoxy groups -OCH3 is 1. The van der Waals surface area contributed by atoms with Crippen molar-refractivity contribution >= 4 is 23.3 Å². The van der Waals surface area contributed by atoms with Crippen molar-refractivity contribution in [2.75, 3.05) is 58.4 Å². The van der Waals surface area contributed by atoms with Gasteiger partial charge < -0.3 is 24.3 Å². The first-order valence-electron chi connectivity index (χ1n) is 13.6. The minimum Gasteiger partial charge on any atom is -0.495 e. The fourth-order valence-electron chi connectivity index (χ4n) is 5.11. The Morgan fingerprint density at radius 1 is 1.05 bits per heavy atom. The lowest BCUT2D eigenvalue weighted by atomic mass is 10.0. The third kappa shape index (κ3) is 6.35. The lowest BCUT2D eigenvalue weighted by molar-refractivity contribution is -0.133. The summed E-state index contributed by atoms with van der Waals surface area (Å²) in [7, 11) is 3.53. The van der Waals surface area contributed by atoms with Gasteiger partial charge in [0.1, 0.15) is 12.3 Å². The van der Waals surface area contributed by atoms with Gasteiger partial charge in [0.25, 0.3) is 5.91 Å². The Hall–Kier alpha value is -4.15. The summed E-state index contributed by atoms with van der Waals surface area (Å²) in [6, 6.07) is 20.5. The molecule has 0 radical (unpaired) electrons. The molecule has 1 aromatic heterocycles. The summed E-state index contributed by atoms with van der Waals surface area (Å²) in [4.78, 5) is 31.3. The Morgan fingerprint density at radius 2 is 1.80 bits per heavy atom. The Balaban J connectivity index is 1.38. The molecule has 3 amide bonds. The first kappa shape index (κ1) is 27.4. The number of aryl methyl sites for hydroxylation is 1. The van der Waals surface area contributed by atoms with Crippen molar-refractivity contribution in [1.82, 2.24) is 19.4 Å². The predicted octanol–water partition coefficient (Wildman–Crippen LogP) is 3.58. The van der Waals surface area contributed by atoms with Crippen LogP contribution in [0.15, 0.2) is 78.0 Å². The largest absolute Gasteiger partial charge is 0.495 e. The van der Waals surface area contributed by atoms with Gasteiger partial charge in [-0.2, -0.15) is 5.10 Å². The molecule has 10 heteroatoms. The molecule has 40 heavy (non-hydrogen) atoms. The van der Waals surface area contributed by atoms with Crippen LogP contribution in [0.1, 0.15) is 23.7 Å². The van der Waals surface area contributed by atoms with Gasteiger partial charge in [-0.15, -0.1) is 0 Å². The molecule has 1 unspecified atom stereocenters. The maximum Gasteiger partial charge on any atom is 0.322 e. The quantitative estimate of drug-likeness (QED) is 0.445. The number of rotatable bonds is 9. The number of hydrogen-bond donors (Lipinski definition) is 1. The summed E-state index contributed by atoms with van der Waals surface area (Å²) >= 11 is 0. The zero-order chi connectivity index (χ0) is 27.9. The predicted molar refractivity (Wildman–Crippen MR) is 153 cm³/mol. The number of ether oxygens (including phenoxy) is 2. The van der Waals surface area contributed by atoms with Crippen LogP contribution in [-0.4, -0.2) is 90.1 Å². The van der Waals surface area contributed by atoms with Crippen LogP contribution < -0.4 is 10.1 Å². The van der Waals surface area contributed by atoms with Crippen molar-refractivity contribution in [2.45, 2.75) is 12.5 Å². The van der Waals surface area contributed by atoms with E-state index in [9.17, 15) is 9.59 Å². The molecular weight excluding hydrogens is 508 g/mol. The second-order valence-electron chi connectivity index (χ2n) is 9.93. The summed E-state index contributed by atoms with van der Waals surface area (Å²) in [5.41, 5.74) is 3.36. The normalized spacial score (nSPS) is 17.4. The Kier molecular flexibility index (Phi) is 8.78. The number of morpholine rings is 1. The van der Waals surface area contributed by atoms with Crippen LogP contribution in [0.3, 0.4) is 0 Å². The van der Waals surface area contributed by atoms with Gasteiger partial charge in [0.2, 0.25) is 0 Å². The zero-order valence-electron chi connectivity index (χ0n) is 23.0. The zero-order valence-corrected chi connectivity index (χ0v) is 23.0. The number of hydrazone groups is 1. The highest BCUT2D eigenvalue weighted by atomic mass is 16.5. The van der Waals surface area contributed by atoms with Gasteiger partial charge in [0.15, 0.2) is 0 Å². The number of nitrogens with one attached hydrogen (secondary N) is 1. The minimum atomic E-state index is -0.367. The summed E-state index contributed by atoms with van der Waals surface area (Å²) in [6.45, 7) is 3.81. The SMILES string of the molecule is COc1ccccc1NC(=O)N(CCN1CCOCC1)CC(=O)N1N=C(c2cccn2C)CC1c1ccccc1. The molecule has 0 spiro atoms. The number of aromatic nitrogens is 1. The first-order chi connectivity index (χ1) is 19.5. The van der Waals surface area contributed by atoms with Crippen molar-refractivity contribution in [3.8, 4) is 5.75 Å². The number of benzene rings is 2. The average Bonchev–Trinajstić information content (AvgIpc) is 3.63. The molecule has 1 fully saturated rings. The van der Waals surface area contributed by atoms with E-state index in [1.807, 2.05) is 72.4 Å². The summed E-state index contributed by atoms with van der Waals surface area (Å²) in [5.74, 6) is 0.311. The van der Waals surface area contributed by atoms with Gasteiger partial charge in [-0.25, -0.2) is 9.80 Å². The summed E-state index contributed by atoms with van der Waals surface area (Å²) in [6.07, 6.45) is 2.56. The molecule has 210 valence electrons. The number of carbonyl (C=O) groups excluding carboxylic acids is 2. The lowest BCUT2D eigenvalue weighted by Gasteiger charge is -2.31. The van der Waals surface area contributed by atoms with E-state index in [1.54, 1.807) is 29.2 Å². The Morgan fingerprint density at radius 3 is 2.52 bits per heavy atom. The molecule has 0 aliphatic carbocycles. The first-order valence-corrected chi connectivity index (χ1v) is 13.6. The van der Waals surface area contributed by atoms with Crippen LogP contribution in [0.25, 0.3) is 0 Å². The van der Waals surface area contributed by atoms with Crippen molar-refractivity contribution in [2.24, 2.45) is 12.1 Å². The van der Waals surface area contributed by atoms with Crippen molar-refractivity contribution < 1.29 is 19.1 Å². The van der Waals surface area contributed by atoms with E-state index in [-0.39, 0.29) is 24.5 Å². The van der Waals surface area contributed by atoms with E-state index in [2.05, 4.69) is 10.2 Å². The highest BCUT2D eigenvalue weighted by molar-refractivity contribution is 6.02. The molecule has 0 bridgehead atoms. The highest BCUT2D eigenvalue weighted by Crippen LogP contribution is 2.33. The Bertz CT molecular complexity index is 1330. The average molecular weight is 545 g/mol. The monoisotopic (exact) mass is 544 g/mol. The number of hydrogen-bond acceptors (Lipinski definition) is 6. The summed E-state index contributed by atoms with van der Waals surface area (Å²) in [5, 5.41) is 9.28. The van der Waals surface area contributed by atoms with E-state index in [0.29, 0.717) is 44.2 Å². The smallest absolute Gasteiger partial charge is 0.322 e. The number of carbonyl (C=O) groups is 2. The maximum atomic E-state index is 13.9. The minimum absolute atomic E-state index is 0.113. The molecule has 1 saturated heterocycles. The van der Waals surface area contributed by atoms with Crippen LogP contribution in [0, 0.1) is 0 Å². The molecule has 1 atom stereocenters. The van der Waals surface area contributed by atoms with Crippen LogP contribution in [-0.2, 0) is 16.6 Å². The molecule has 0 saturated carbocycles. The molecule has 3 aromatic rings. The maximum absolute atomic E-state index is 13.9. The van der Waals surface area contributed by atoms with Crippen LogP contribution in [0.4, 0.5) is 10.5 Å². The van der Waals surface area contributed by atoms with Crippen LogP contribution in [0.2, 0.25) is 0 Å². The van der Waals surface area contributed by atoms with E-state index in [0.717, 1.165) is 30.1 Å². The second-order valence-corrected chi connectivity index (χ2v) is 9.93. The van der Waals surface area contributed by atoms with Crippen molar-refractivity contribution in [3.05, 3.63) is 84.2 Å². The van der Waals surface area contributed by atoms with E-state index in [4.69, 9.17) is 14.6 Å². The standard InChI is InChI=1S/C30H36N6O4/c1-33-14-8-12-26(33)25-21-27(23-9-4-3-5-10-23)36(32-25)29(37)22-35(16-15-34-17-19-40-20-18-34)30(38)31-24-11-6-7-13-28(24)39-2/h3-14,27H,15-22H2,1-2H3,(H,31,38). The fraction of sp³-hybridized carbons (Fsp3) is 0.367. The molecule has 5 rings (SSSR count). The third-order valence-corrected chi connectivity index (χ3v) is 7.34. The molecule has 1 N–H and O–H groups in total. The highest BCUT2D eigenvalue weighted by Gasteiger charge is 2.35. The third-order valence-electron chi connectivity index (χ3n) is 7.34. The van der Waals surface area contributed by atoms with E-state index in [1.165, 1.54) is 0 Å². The second kappa shape index (κ2) is 12.8. The molecule has 2 aliphatic heterocycles. The Labute approximate surface area is 234 Å². The van der Waals surface area contributed by atoms with Gasteiger partial charge in [-0.1, -0.05) is 42.5 Å². The van der Waals surface area contributed by atoms with Crippen LogP contribution in [0.5, 0.6) is 5.75 Å². The van der Waals surface area contributed by atoms with E-state index >= 15 is 0 Å². The molecule has 3 heterocycles. The van der Waals surface area contributed by atoms with Crippen molar-refractivity contribution in [3.63, 3.8) is 0 Å². The van der Waals surface area contributed by atoms with E-state index < -0.39 is 0 Å². The number of amides is 3. The van der Waals surface area contributed by atoms with Gasteiger partial charge in [-0.3, -0.25) is 9.69 Å². The van der Waals surface area contributed by atoms with Crippen molar-refractivity contribution in [1.29, 1.82) is 0 Å². The van der Waals surface area contributed by atoms with Gasteiger partial charge in [-0.05, 0) is 29.8 Å². The molecule has 10 nitrogen and oxygen atoms in total. The number of para-hydroxylation sites is 2. The van der Waals surface area contributed by atoms with Gasteiger partial charge in [0.05, 0.1) is 43.5 Å². The van der Waals surface area contributed by atoms with Crippen LogP contribution >= 0.6 is 0 Å². The fourth-order valence-corrected chi connectivity index (χ4v) is 5.11. The lowest BCUT2D eigenvalue weighted by Crippen LogP contribution is -2.47. The topological polar surface area (TPSA) is 91.6 Å². The van der Waals surface area contributed by atoms with Gasteiger partial charge >= 0.3 is 6.03 Å². The number of nitrogens with zero attached hydrogens (tertiary/aromatic N) is 5. The molecular formula is C30H36N6O4. The molecule has 2 aliphatic rings. The molecule has 2 aromatic carbocycles.